The summed E-state index contributed by atoms with van der Waals surface area (Å²) in [5.41, 5.74) is 3.51. The highest BCUT2D eigenvalue weighted by Gasteiger charge is 2.33. The Kier molecular flexibility index (Phi) is 4.06. The van der Waals surface area contributed by atoms with E-state index in [0.29, 0.717) is 19.6 Å². The van der Waals surface area contributed by atoms with E-state index >= 15 is 8.78 Å². The number of nitrogens with zero attached hydrogens (tertiary/aromatic N) is 2. The van der Waals surface area contributed by atoms with Crippen LogP contribution in [-0.4, -0.2) is 41.3 Å². The predicted octanol–water partition coefficient (Wildman–Crippen LogP) is 1.69. The van der Waals surface area contributed by atoms with Crippen LogP contribution in [0, 0.1) is 11.6 Å². The number of pyridine rings is 1. The van der Waals surface area contributed by atoms with Gasteiger partial charge in [-0.1, -0.05) is 0 Å². The molecule has 4 N–H and O–H groups in total. The lowest BCUT2D eigenvalue weighted by Gasteiger charge is -2.34. The van der Waals surface area contributed by atoms with Crippen LogP contribution in [-0.2, 0) is 0 Å². The highest BCUT2D eigenvalue weighted by Crippen LogP contribution is 2.41. The monoisotopic (exact) mass is 378 g/mol. The number of fused-ring (bicyclic) bond motifs is 1. The summed E-state index contributed by atoms with van der Waals surface area (Å²) in [5, 5.41) is 12.1. The molecule has 7 nitrogen and oxygen atoms in total. The normalized spacial score (nSPS) is 20.3. The zero-order chi connectivity index (χ0) is 19.5. The largest absolute Gasteiger partial charge is 0.477 e. The van der Waals surface area contributed by atoms with E-state index in [2.05, 4.69) is 5.32 Å². The summed E-state index contributed by atoms with van der Waals surface area (Å²) >= 11 is 0. The molecule has 0 radical (unpaired) electrons. The number of halogens is 2. The second kappa shape index (κ2) is 6.19. The number of rotatable bonds is 3. The second-order valence-electron chi connectivity index (χ2n) is 7.23. The molecule has 1 aliphatic heterocycles. The molecule has 2 fully saturated rings. The van der Waals surface area contributed by atoms with Crippen LogP contribution >= 0.6 is 0 Å². The SMILES string of the molecule is C[C@@H]1CN(c2c(F)c(N)c3c(=O)c(C(=O)O)cn(C4CC4)c3c2F)CCN1. The van der Waals surface area contributed by atoms with Gasteiger partial charge in [0.2, 0.25) is 5.43 Å². The molecule has 0 bridgehead atoms. The molecule has 1 saturated heterocycles. The van der Waals surface area contributed by atoms with Gasteiger partial charge >= 0.3 is 5.97 Å². The van der Waals surface area contributed by atoms with Gasteiger partial charge in [-0.15, -0.1) is 0 Å². The van der Waals surface area contributed by atoms with Gasteiger partial charge in [0.15, 0.2) is 11.6 Å². The lowest BCUT2D eigenvalue weighted by atomic mass is 10.1. The Bertz CT molecular complexity index is 1020. The van der Waals surface area contributed by atoms with Crippen LogP contribution in [0.1, 0.15) is 36.2 Å². The van der Waals surface area contributed by atoms with Crippen LogP contribution in [0.5, 0.6) is 0 Å². The number of benzene rings is 1. The summed E-state index contributed by atoms with van der Waals surface area (Å²) in [6.45, 7) is 3.25. The van der Waals surface area contributed by atoms with Gasteiger partial charge < -0.3 is 25.6 Å². The molecule has 0 amide bonds. The first-order valence-corrected chi connectivity index (χ1v) is 8.88. The minimum absolute atomic E-state index is 0.0366. The van der Waals surface area contributed by atoms with Crippen molar-refractivity contribution in [1.29, 1.82) is 0 Å². The highest BCUT2D eigenvalue weighted by atomic mass is 19.1. The van der Waals surface area contributed by atoms with Crippen molar-refractivity contribution in [3.63, 3.8) is 0 Å². The third-order valence-electron chi connectivity index (χ3n) is 5.22. The lowest BCUT2D eigenvalue weighted by Crippen LogP contribution is -2.50. The molecule has 4 rings (SSSR count). The van der Waals surface area contributed by atoms with Gasteiger partial charge in [-0.05, 0) is 19.8 Å². The number of nitrogens with one attached hydrogen (secondary N) is 1. The Balaban J connectivity index is 2.06. The van der Waals surface area contributed by atoms with Gasteiger partial charge in [0.1, 0.15) is 11.3 Å². The van der Waals surface area contributed by atoms with Crippen molar-refractivity contribution in [3.05, 3.63) is 33.6 Å². The molecule has 144 valence electrons. The fraction of sp³-hybridized carbons (Fsp3) is 0.444. The quantitative estimate of drug-likeness (QED) is 0.703. The molecule has 2 aromatic rings. The van der Waals surface area contributed by atoms with Crippen LogP contribution in [0.15, 0.2) is 11.0 Å². The summed E-state index contributed by atoms with van der Waals surface area (Å²) in [6, 6.07) is -0.0881. The Morgan fingerprint density at radius 2 is 2.04 bits per heavy atom. The molecule has 27 heavy (non-hydrogen) atoms. The number of nitrogens with two attached hydrogens (primary N) is 1. The summed E-state index contributed by atoms with van der Waals surface area (Å²) < 4.78 is 32.0. The Labute approximate surface area is 153 Å². The summed E-state index contributed by atoms with van der Waals surface area (Å²) in [5.74, 6) is -3.33. The number of hydrogen-bond donors (Lipinski definition) is 3. The average Bonchev–Trinajstić information content (AvgIpc) is 3.44. The third kappa shape index (κ3) is 2.73. The van der Waals surface area contributed by atoms with Gasteiger partial charge in [0.05, 0.1) is 16.6 Å². The van der Waals surface area contributed by atoms with E-state index in [0.717, 1.165) is 19.0 Å². The van der Waals surface area contributed by atoms with Crippen molar-refractivity contribution in [1.82, 2.24) is 9.88 Å². The second-order valence-corrected chi connectivity index (χ2v) is 7.23. The molecule has 0 unspecified atom stereocenters. The minimum atomic E-state index is -1.45. The number of anilines is 2. The summed E-state index contributed by atoms with van der Waals surface area (Å²) in [7, 11) is 0. The number of carboxylic acid groups (broad SMARTS) is 1. The van der Waals surface area contributed by atoms with Crippen LogP contribution in [0.25, 0.3) is 10.9 Å². The van der Waals surface area contributed by atoms with Gasteiger partial charge in [-0.25, -0.2) is 13.6 Å². The van der Waals surface area contributed by atoms with E-state index in [9.17, 15) is 14.7 Å². The first-order valence-electron chi connectivity index (χ1n) is 8.88. The van der Waals surface area contributed by atoms with Crippen LogP contribution in [0.2, 0.25) is 0 Å². The van der Waals surface area contributed by atoms with E-state index in [4.69, 9.17) is 5.73 Å². The Hall–Kier alpha value is -2.68. The average molecular weight is 378 g/mol. The standard InChI is InChI=1S/C18H20F2N4O3/c1-8-6-23(5-4-22-8)16-12(19)14(21)11-15(13(16)20)24(9-2-3-9)7-10(17(11)25)18(26)27/h7-9,22H,2-6,21H2,1H3,(H,26,27)/t8-/m1/s1. The molecule has 1 aliphatic carbocycles. The summed E-state index contributed by atoms with van der Waals surface area (Å²) in [6.07, 6.45) is 2.61. The van der Waals surface area contributed by atoms with Crippen molar-refractivity contribution >= 4 is 28.2 Å². The number of carbonyl (C=O) groups is 1. The van der Waals surface area contributed by atoms with Crippen molar-refractivity contribution in [2.24, 2.45) is 0 Å². The Morgan fingerprint density at radius 1 is 1.33 bits per heavy atom. The maximum atomic E-state index is 15.5. The third-order valence-corrected chi connectivity index (χ3v) is 5.22. The van der Waals surface area contributed by atoms with Crippen molar-refractivity contribution in [2.45, 2.75) is 31.8 Å². The first kappa shape index (κ1) is 17.7. The number of piperazine rings is 1. The molecule has 1 aromatic carbocycles. The molecule has 0 spiro atoms. The number of nitrogen functional groups attached to an aromatic ring is 1. The smallest absolute Gasteiger partial charge is 0.341 e. The fourth-order valence-electron chi connectivity index (χ4n) is 3.76. The fourth-order valence-corrected chi connectivity index (χ4v) is 3.76. The molecule has 1 saturated carbocycles. The topological polar surface area (TPSA) is 101 Å². The van der Waals surface area contributed by atoms with E-state index in [1.165, 1.54) is 4.57 Å². The Morgan fingerprint density at radius 3 is 2.63 bits per heavy atom. The van der Waals surface area contributed by atoms with Crippen LogP contribution < -0.4 is 21.4 Å². The van der Waals surface area contributed by atoms with Crippen molar-refractivity contribution in [3.8, 4) is 0 Å². The van der Waals surface area contributed by atoms with Crippen molar-refractivity contribution < 1.29 is 18.7 Å². The van der Waals surface area contributed by atoms with Gasteiger partial charge in [0, 0.05) is 37.9 Å². The molecular formula is C18H20F2N4O3. The van der Waals surface area contributed by atoms with E-state index < -0.39 is 39.7 Å². The number of aromatic carboxylic acids is 1. The van der Waals surface area contributed by atoms with E-state index in [1.54, 1.807) is 4.90 Å². The molecule has 2 aliphatic rings. The predicted molar refractivity (Wildman–Crippen MR) is 97.4 cm³/mol. The number of carboxylic acids is 1. The maximum absolute atomic E-state index is 15.5. The van der Waals surface area contributed by atoms with Crippen LogP contribution in [0.4, 0.5) is 20.2 Å². The van der Waals surface area contributed by atoms with Gasteiger partial charge in [-0.3, -0.25) is 4.79 Å². The number of aromatic nitrogens is 1. The zero-order valence-electron chi connectivity index (χ0n) is 14.8. The molecular weight excluding hydrogens is 358 g/mol. The van der Waals surface area contributed by atoms with E-state index in [1.807, 2.05) is 6.92 Å². The molecule has 9 heteroatoms. The molecule has 1 aromatic heterocycles. The maximum Gasteiger partial charge on any atom is 0.341 e. The summed E-state index contributed by atoms with van der Waals surface area (Å²) in [4.78, 5) is 25.6. The molecule has 2 heterocycles. The lowest BCUT2D eigenvalue weighted by molar-refractivity contribution is 0.0695. The highest BCUT2D eigenvalue weighted by molar-refractivity contribution is 5.99. The molecule has 1 atom stereocenters. The number of hydrogen-bond acceptors (Lipinski definition) is 5. The zero-order valence-corrected chi connectivity index (χ0v) is 14.8. The van der Waals surface area contributed by atoms with Crippen molar-refractivity contribution in [2.75, 3.05) is 30.3 Å². The first-order chi connectivity index (χ1) is 12.8. The van der Waals surface area contributed by atoms with Gasteiger partial charge in [0.25, 0.3) is 0 Å². The van der Waals surface area contributed by atoms with E-state index in [-0.39, 0.29) is 23.3 Å². The van der Waals surface area contributed by atoms with Crippen LogP contribution in [0.3, 0.4) is 0 Å². The minimum Gasteiger partial charge on any atom is -0.477 e. The van der Waals surface area contributed by atoms with Gasteiger partial charge in [-0.2, -0.15) is 0 Å².